The second-order valence-electron chi connectivity index (χ2n) is 6.95. The number of nitrogens with two attached hydrogens (primary N) is 1. The SMILES string of the molecule is COc1ccc(N2CC(C(=O)N3CCC(C(N)=O)CC3)CC2=O)c(OC)c1. The van der Waals surface area contributed by atoms with Gasteiger partial charge in [0.05, 0.1) is 25.8 Å². The van der Waals surface area contributed by atoms with E-state index in [1.807, 2.05) is 0 Å². The van der Waals surface area contributed by atoms with E-state index in [9.17, 15) is 14.4 Å². The maximum atomic E-state index is 12.8. The topological polar surface area (TPSA) is 102 Å². The second kappa shape index (κ2) is 7.85. The van der Waals surface area contributed by atoms with Gasteiger partial charge in [-0.1, -0.05) is 0 Å². The van der Waals surface area contributed by atoms with Crippen LogP contribution < -0.4 is 20.1 Å². The summed E-state index contributed by atoms with van der Waals surface area (Å²) < 4.78 is 10.6. The average Bonchev–Trinajstić information content (AvgIpc) is 3.08. The van der Waals surface area contributed by atoms with Crippen LogP contribution in [0.5, 0.6) is 11.5 Å². The van der Waals surface area contributed by atoms with Crippen LogP contribution in [-0.4, -0.2) is 56.5 Å². The number of hydrogen-bond acceptors (Lipinski definition) is 5. The van der Waals surface area contributed by atoms with Crippen molar-refractivity contribution in [3.63, 3.8) is 0 Å². The Balaban J connectivity index is 1.69. The molecule has 3 amide bonds. The Bertz CT molecular complexity index is 743. The molecule has 27 heavy (non-hydrogen) atoms. The zero-order chi connectivity index (χ0) is 19.6. The molecule has 0 bridgehead atoms. The fourth-order valence-corrected chi connectivity index (χ4v) is 3.76. The Hall–Kier alpha value is -2.77. The number of anilines is 1. The van der Waals surface area contributed by atoms with Crippen molar-refractivity contribution in [2.24, 2.45) is 17.6 Å². The lowest BCUT2D eigenvalue weighted by Gasteiger charge is -2.32. The first-order valence-corrected chi connectivity index (χ1v) is 9.05. The van der Waals surface area contributed by atoms with E-state index in [1.165, 1.54) is 7.11 Å². The van der Waals surface area contributed by atoms with E-state index >= 15 is 0 Å². The van der Waals surface area contributed by atoms with Gasteiger partial charge in [0.25, 0.3) is 0 Å². The summed E-state index contributed by atoms with van der Waals surface area (Å²) in [4.78, 5) is 40.0. The van der Waals surface area contributed by atoms with E-state index in [4.69, 9.17) is 15.2 Å². The minimum Gasteiger partial charge on any atom is -0.497 e. The highest BCUT2D eigenvalue weighted by molar-refractivity contribution is 6.01. The van der Waals surface area contributed by atoms with Crippen LogP contribution in [0.2, 0.25) is 0 Å². The summed E-state index contributed by atoms with van der Waals surface area (Å²) in [7, 11) is 3.09. The number of benzene rings is 1. The largest absolute Gasteiger partial charge is 0.497 e. The Morgan fingerprint density at radius 2 is 1.81 bits per heavy atom. The number of methoxy groups -OCH3 is 2. The van der Waals surface area contributed by atoms with E-state index in [0.717, 1.165) is 0 Å². The smallest absolute Gasteiger partial charge is 0.228 e. The molecule has 2 aliphatic rings. The van der Waals surface area contributed by atoms with Crippen molar-refractivity contribution in [3.8, 4) is 11.5 Å². The van der Waals surface area contributed by atoms with Gasteiger partial charge in [-0.15, -0.1) is 0 Å². The molecule has 0 aromatic heterocycles. The Morgan fingerprint density at radius 1 is 1.11 bits per heavy atom. The average molecular weight is 375 g/mol. The molecule has 2 N–H and O–H groups in total. The zero-order valence-corrected chi connectivity index (χ0v) is 15.6. The van der Waals surface area contributed by atoms with Crippen LogP contribution in [0, 0.1) is 11.8 Å². The molecular formula is C19H25N3O5. The molecule has 1 aromatic carbocycles. The van der Waals surface area contributed by atoms with E-state index in [2.05, 4.69) is 0 Å². The van der Waals surface area contributed by atoms with Gasteiger partial charge in [0.15, 0.2) is 0 Å². The normalized spacial score (nSPS) is 20.7. The monoisotopic (exact) mass is 375 g/mol. The number of hydrogen-bond donors (Lipinski definition) is 1. The summed E-state index contributed by atoms with van der Waals surface area (Å²) in [5.74, 6) is 0.139. The van der Waals surface area contributed by atoms with Crippen LogP contribution in [0.1, 0.15) is 19.3 Å². The fraction of sp³-hybridized carbons (Fsp3) is 0.526. The lowest BCUT2D eigenvalue weighted by atomic mass is 9.95. The van der Waals surface area contributed by atoms with E-state index in [-0.39, 0.29) is 30.1 Å². The van der Waals surface area contributed by atoms with Gasteiger partial charge in [-0.2, -0.15) is 0 Å². The first-order valence-electron chi connectivity index (χ1n) is 9.05. The number of carbonyl (C=O) groups excluding carboxylic acids is 3. The molecule has 3 rings (SSSR count). The van der Waals surface area contributed by atoms with Gasteiger partial charge in [0.1, 0.15) is 11.5 Å². The highest BCUT2D eigenvalue weighted by Gasteiger charge is 2.39. The molecule has 8 nitrogen and oxygen atoms in total. The molecule has 2 saturated heterocycles. The third-order valence-corrected chi connectivity index (χ3v) is 5.36. The fourth-order valence-electron chi connectivity index (χ4n) is 3.76. The van der Waals surface area contributed by atoms with Crippen molar-refractivity contribution in [2.45, 2.75) is 19.3 Å². The maximum absolute atomic E-state index is 12.8. The van der Waals surface area contributed by atoms with E-state index in [0.29, 0.717) is 49.7 Å². The number of amides is 3. The van der Waals surface area contributed by atoms with Crippen molar-refractivity contribution in [1.82, 2.24) is 4.90 Å². The molecule has 1 unspecified atom stereocenters. The molecule has 1 aromatic rings. The Kier molecular flexibility index (Phi) is 5.53. The summed E-state index contributed by atoms with van der Waals surface area (Å²) in [6, 6.07) is 5.24. The molecule has 0 saturated carbocycles. The second-order valence-corrected chi connectivity index (χ2v) is 6.95. The van der Waals surface area contributed by atoms with Crippen molar-refractivity contribution in [1.29, 1.82) is 0 Å². The van der Waals surface area contributed by atoms with Gasteiger partial charge in [-0.3, -0.25) is 14.4 Å². The number of piperidine rings is 1. The Labute approximate surface area is 158 Å². The Morgan fingerprint density at radius 3 is 2.41 bits per heavy atom. The minimum atomic E-state index is -0.394. The third-order valence-electron chi connectivity index (χ3n) is 5.36. The highest BCUT2D eigenvalue weighted by atomic mass is 16.5. The van der Waals surface area contributed by atoms with Crippen molar-refractivity contribution < 1.29 is 23.9 Å². The van der Waals surface area contributed by atoms with Gasteiger partial charge >= 0.3 is 0 Å². The number of nitrogens with zero attached hydrogens (tertiary/aromatic N) is 2. The van der Waals surface area contributed by atoms with Crippen LogP contribution >= 0.6 is 0 Å². The van der Waals surface area contributed by atoms with Crippen LogP contribution in [0.4, 0.5) is 5.69 Å². The molecule has 2 aliphatic heterocycles. The van der Waals surface area contributed by atoms with Gasteiger partial charge in [-0.05, 0) is 25.0 Å². The quantitative estimate of drug-likeness (QED) is 0.819. The summed E-state index contributed by atoms with van der Waals surface area (Å²) >= 11 is 0. The molecule has 2 heterocycles. The van der Waals surface area contributed by atoms with E-state index in [1.54, 1.807) is 35.1 Å². The van der Waals surface area contributed by atoms with Crippen molar-refractivity contribution >= 4 is 23.4 Å². The number of carbonyl (C=O) groups is 3. The molecule has 0 aliphatic carbocycles. The van der Waals surface area contributed by atoms with Crippen molar-refractivity contribution in [2.75, 3.05) is 38.8 Å². The highest BCUT2D eigenvalue weighted by Crippen LogP contribution is 2.36. The van der Waals surface area contributed by atoms with Crippen LogP contribution in [0.3, 0.4) is 0 Å². The third kappa shape index (κ3) is 3.84. The van der Waals surface area contributed by atoms with Gasteiger partial charge in [-0.25, -0.2) is 0 Å². The van der Waals surface area contributed by atoms with Crippen LogP contribution in [-0.2, 0) is 14.4 Å². The number of likely N-dealkylation sites (tertiary alicyclic amines) is 1. The molecule has 146 valence electrons. The molecule has 2 fully saturated rings. The molecule has 8 heteroatoms. The minimum absolute atomic E-state index is 0.0405. The van der Waals surface area contributed by atoms with E-state index < -0.39 is 5.92 Å². The maximum Gasteiger partial charge on any atom is 0.228 e. The van der Waals surface area contributed by atoms with Gasteiger partial charge in [0.2, 0.25) is 17.7 Å². The predicted molar refractivity (Wildman–Crippen MR) is 98.5 cm³/mol. The molecule has 0 radical (unpaired) electrons. The summed E-state index contributed by atoms with van der Waals surface area (Å²) in [5.41, 5.74) is 5.98. The predicted octanol–water partition coefficient (Wildman–Crippen LogP) is 0.781. The lowest BCUT2D eigenvalue weighted by molar-refractivity contribution is -0.138. The number of primary amides is 1. The number of rotatable bonds is 5. The van der Waals surface area contributed by atoms with Crippen LogP contribution in [0.25, 0.3) is 0 Å². The summed E-state index contributed by atoms with van der Waals surface area (Å²) in [5, 5.41) is 0. The lowest BCUT2D eigenvalue weighted by Crippen LogP contribution is -2.44. The standard InChI is InChI=1S/C19H25N3O5/c1-26-14-3-4-15(16(10-14)27-2)22-11-13(9-17(22)23)19(25)21-7-5-12(6-8-21)18(20)24/h3-4,10,12-13H,5-9,11H2,1-2H3,(H2,20,24). The molecule has 0 spiro atoms. The van der Waals surface area contributed by atoms with Gasteiger partial charge < -0.3 is 25.0 Å². The number of ether oxygens (including phenoxy) is 2. The first kappa shape index (κ1) is 19.0. The molecular weight excluding hydrogens is 350 g/mol. The molecule has 1 atom stereocenters. The summed E-state index contributed by atoms with van der Waals surface area (Å²) in [6.45, 7) is 1.32. The van der Waals surface area contributed by atoms with Crippen LogP contribution in [0.15, 0.2) is 18.2 Å². The summed E-state index contributed by atoms with van der Waals surface area (Å²) in [6.07, 6.45) is 1.33. The van der Waals surface area contributed by atoms with Gasteiger partial charge in [0, 0.05) is 38.0 Å². The zero-order valence-electron chi connectivity index (χ0n) is 15.6. The first-order chi connectivity index (χ1) is 12.9. The van der Waals surface area contributed by atoms with Crippen molar-refractivity contribution in [3.05, 3.63) is 18.2 Å².